The molecule has 0 saturated carbocycles. The minimum absolute atomic E-state index is 0.454. The second-order valence-corrected chi connectivity index (χ2v) is 8.32. The summed E-state index contributed by atoms with van der Waals surface area (Å²) in [5.74, 6) is 4.17. The zero-order valence-corrected chi connectivity index (χ0v) is 14.5. The molecular formula is C20H32. The van der Waals surface area contributed by atoms with Gasteiger partial charge < -0.3 is 0 Å². The summed E-state index contributed by atoms with van der Waals surface area (Å²) in [4.78, 5) is 0. The van der Waals surface area contributed by atoms with Gasteiger partial charge in [-0.3, -0.25) is 0 Å². The quantitative estimate of drug-likeness (QED) is 0.475. The third-order valence-corrected chi connectivity index (χ3v) is 8.07. The lowest BCUT2D eigenvalue weighted by molar-refractivity contribution is 0.180. The van der Waals surface area contributed by atoms with Crippen molar-refractivity contribution in [3.63, 3.8) is 0 Å². The monoisotopic (exact) mass is 272 g/mol. The Morgan fingerprint density at radius 3 is 2.25 bits per heavy atom. The molecule has 0 aromatic heterocycles. The first kappa shape index (κ1) is 14.4. The molecule has 0 spiro atoms. The van der Waals surface area contributed by atoms with E-state index in [4.69, 9.17) is 0 Å². The van der Waals surface area contributed by atoms with Gasteiger partial charge in [-0.2, -0.15) is 0 Å². The van der Waals surface area contributed by atoms with Crippen LogP contribution in [0.15, 0.2) is 22.3 Å². The molecule has 112 valence electrons. The maximum atomic E-state index is 2.54. The molecular weight excluding hydrogens is 240 g/mol. The van der Waals surface area contributed by atoms with E-state index in [-0.39, 0.29) is 0 Å². The molecule has 3 aliphatic carbocycles. The van der Waals surface area contributed by atoms with Crippen LogP contribution in [-0.4, -0.2) is 0 Å². The highest BCUT2D eigenvalue weighted by molar-refractivity contribution is 5.34. The molecule has 0 radical (unpaired) electrons. The summed E-state index contributed by atoms with van der Waals surface area (Å²) in [6.07, 6.45) is 4.11. The zero-order valence-electron chi connectivity index (χ0n) is 14.5. The van der Waals surface area contributed by atoms with E-state index in [2.05, 4.69) is 48.5 Å². The van der Waals surface area contributed by atoms with Crippen molar-refractivity contribution < 1.29 is 0 Å². The van der Waals surface area contributed by atoms with Gasteiger partial charge in [-0.25, -0.2) is 0 Å². The summed E-state index contributed by atoms with van der Waals surface area (Å²) < 4.78 is 0. The molecule has 0 aromatic rings. The largest absolute Gasteiger partial charge is 0.0704 e. The van der Waals surface area contributed by atoms with Gasteiger partial charge in [-0.1, -0.05) is 50.0 Å². The van der Waals surface area contributed by atoms with Crippen molar-refractivity contribution >= 4 is 0 Å². The van der Waals surface area contributed by atoms with Gasteiger partial charge >= 0.3 is 0 Å². The maximum absolute atomic E-state index is 2.54. The Labute approximate surface area is 125 Å². The smallest absolute Gasteiger partial charge is 0.00821 e. The molecule has 0 heterocycles. The molecule has 0 saturated heterocycles. The molecule has 6 atom stereocenters. The normalized spacial score (nSPS) is 48.5. The highest BCUT2D eigenvalue weighted by Gasteiger charge is 2.49. The number of hydrogen-bond donors (Lipinski definition) is 0. The first-order chi connectivity index (χ1) is 9.29. The Hall–Kier alpha value is -0.520. The van der Waals surface area contributed by atoms with Gasteiger partial charge in [0.2, 0.25) is 0 Å². The third kappa shape index (κ3) is 1.66. The van der Waals surface area contributed by atoms with E-state index in [0.717, 1.165) is 29.6 Å². The summed E-state index contributed by atoms with van der Waals surface area (Å²) >= 11 is 0. The van der Waals surface area contributed by atoms with Crippen LogP contribution < -0.4 is 0 Å². The molecule has 3 rings (SSSR count). The lowest BCUT2D eigenvalue weighted by Crippen LogP contribution is -2.28. The Morgan fingerprint density at radius 2 is 1.60 bits per heavy atom. The molecule has 4 bridgehead atoms. The fourth-order valence-electron chi connectivity index (χ4n) is 5.83. The lowest BCUT2D eigenvalue weighted by atomic mass is 9.68. The standard InChI is InChI=1S/C20H32/c1-11-12(2)18-10-19-13(3)15(5)20(7,16(19)6)9-8-17(11)14(18)4/h11-12,16,18-19H,8-10H2,1-7H3/t11-,12?,16?,18+,19+,20-/m0/s1. The average Bonchev–Trinajstić information content (AvgIpc) is 2.71. The predicted molar refractivity (Wildman–Crippen MR) is 87.5 cm³/mol. The van der Waals surface area contributed by atoms with Gasteiger partial charge in [0.1, 0.15) is 0 Å². The molecule has 0 aromatic carbocycles. The molecule has 0 heteroatoms. The second kappa shape index (κ2) is 4.49. The molecule has 20 heavy (non-hydrogen) atoms. The van der Waals surface area contributed by atoms with Crippen LogP contribution in [-0.2, 0) is 0 Å². The molecule has 0 aliphatic heterocycles. The first-order valence-corrected chi connectivity index (χ1v) is 8.66. The van der Waals surface area contributed by atoms with Crippen LogP contribution in [0, 0.1) is 35.0 Å². The highest BCUT2D eigenvalue weighted by Crippen LogP contribution is 2.59. The molecule has 0 fully saturated rings. The Morgan fingerprint density at radius 1 is 0.950 bits per heavy atom. The van der Waals surface area contributed by atoms with Gasteiger partial charge in [0.15, 0.2) is 0 Å². The van der Waals surface area contributed by atoms with E-state index in [0.29, 0.717) is 5.41 Å². The van der Waals surface area contributed by atoms with E-state index < -0.39 is 0 Å². The van der Waals surface area contributed by atoms with E-state index in [1.54, 1.807) is 16.7 Å². The van der Waals surface area contributed by atoms with Crippen molar-refractivity contribution in [3.05, 3.63) is 22.3 Å². The molecule has 0 nitrogen and oxygen atoms in total. The van der Waals surface area contributed by atoms with Gasteiger partial charge in [0.05, 0.1) is 0 Å². The third-order valence-electron chi connectivity index (χ3n) is 8.07. The summed E-state index contributed by atoms with van der Waals surface area (Å²) in [6, 6.07) is 0. The first-order valence-electron chi connectivity index (χ1n) is 8.66. The molecule has 0 amide bonds. The minimum atomic E-state index is 0.454. The lowest BCUT2D eigenvalue weighted by Gasteiger charge is -2.36. The van der Waals surface area contributed by atoms with Gasteiger partial charge in [-0.05, 0) is 75.0 Å². The van der Waals surface area contributed by atoms with Crippen molar-refractivity contribution in [2.75, 3.05) is 0 Å². The Bertz CT molecular complexity index is 492. The topological polar surface area (TPSA) is 0 Å². The van der Waals surface area contributed by atoms with Gasteiger partial charge in [-0.15, -0.1) is 0 Å². The minimum Gasteiger partial charge on any atom is -0.0704 e. The van der Waals surface area contributed by atoms with Crippen LogP contribution in [0.4, 0.5) is 0 Å². The zero-order chi connectivity index (χ0) is 14.8. The van der Waals surface area contributed by atoms with Crippen LogP contribution in [0.3, 0.4) is 0 Å². The SMILES string of the molecule is CC1=C(C)[C@]2(C)CCC3=C(C)[C@H](C[C@H]1C2C)C(C)[C@@H]3C. The predicted octanol–water partition coefficient (Wildman–Crippen LogP) is 6.00. The van der Waals surface area contributed by atoms with E-state index in [9.17, 15) is 0 Å². The van der Waals surface area contributed by atoms with Crippen LogP contribution in [0.25, 0.3) is 0 Å². The van der Waals surface area contributed by atoms with Crippen molar-refractivity contribution in [1.82, 2.24) is 0 Å². The number of hydrogen-bond acceptors (Lipinski definition) is 0. The second-order valence-electron chi connectivity index (χ2n) is 8.32. The van der Waals surface area contributed by atoms with E-state index in [1.807, 2.05) is 5.57 Å². The Kier molecular flexibility index (Phi) is 3.23. The fraction of sp³-hybridized carbons (Fsp3) is 0.800. The summed E-state index contributed by atoms with van der Waals surface area (Å²) in [5.41, 5.74) is 7.47. The average molecular weight is 272 g/mol. The number of allylic oxidation sites excluding steroid dienone is 4. The van der Waals surface area contributed by atoms with Crippen LogP contribution in [0.1, 0.15) is 67.7 Å². The van der Waals surface area contributed by atoms with Gasteiger partial charge in [0.25, 0.3) is 0 Å². The molecule has 3 aliphatic rings. The van der Waals surface area contributed by atoms with Gasteiger partial charge in [0, 0.05) is 0 Å². The molecule has 0 N–H and O–H groups in total. The van der Waals surface area contributed by atoms with E-state index in [1.165, 1.54) is 19.3 Å². The number of fused-ring (bicyclic) bond motifs is 3. The van der Waals surface area contributed by atoms with E-state index >= 15 is 0 Å². The highest BCUT2D eigenvalue weighted by atomic mass is 14.5. The van der Waals surface area contributed by atoms with Crippen molar-refractivity contribution in [1.29, 1.82) is 0 Å². The summed E-state index contributed by atoms with van der Waals surface area (Å²) in [5, 5.41) is 0. The Balaban J connectivity index is 2.05. The molecule has 2 unspecified atom stereocenters. The fourth-order valence-corrected chi connectivity index (χ4v) is 5.83. The number of rotatable bonds is 0. The van der Waals surface area contributed by atoms with Crippen LogP contribution in [0.2, 0.25) is 0 Å². The van der Waals surface area contributed by atoms with Crippen molar-refractivity contribution in [2.24, 2.45) is 35.0 Å². The van der Waals surface area contributed by atoms with Crippen LogP contribution in [0.5, 0.6) is 0 Å². The van der Waals surface area contributed by atoms with Crippen molar-refractivity contribution in [3.8, 4) is 0 Å². The summed E-state index contributed by atoms with van der Waals surface area (Å²) in [7, 11) is 0. The maximum Gasteiger partial charge on any atom is -0.00821 e. The summed E-state index contributed by atoms with van der Waals surface area (Å²) in [6.45, 7) is 17.3. The van der Waals surface area contributed by atoms with Crippen LogP contribution >= 0.6 is 0 Å². The van der Waals surface area contributed by atoms with Crippen molar-refractivity contribution in [2.45, 2.75) is 67.7 Å².